The van der Waals surface area contributed by atoms with Crippen molar-refractivity contribution in [3.63, 3.8) is 0 Å². The molecule has 8 atom stereocenters. The predicted octanol–water partition coefficient (Wildman–Crippen LogP) is 2.66. The fourth-order valence-electron chi connectivity index (χ4n) is 8.63. The number of allylic oxidation sites excluding steroid dienone is 2. The minimum atomic E-state index is -1.31. The van der Waals surface area contributed by atoms with Gasteiger partial charge < -0.3 is 31.4 Å². The lowest BCUT2D eigenvalue weighted by Crippen LogP contribution is -2.54. The third kappa shape index (κ3) is 6.37. The number of carboxylic acids is 1. The molecule has 0 aromatic rings. The Bertz CT molecular complexity index is 1270. The van der Waals surface area contributed by atoms with Crippen LogP contribution in [0.25, 0.3) is 0 Å². The zero-order valence-corrected chi connectivity index (χ0v) is 26.4. The number of nitrogens with one attached hydrogen (secondary N) is 2. The van der Waals surface area contributed by atoms with E-state index in [1.807, 2.05) is 0 Å². The summed E-state index contributed by atoms with van der Waals surface area (Å²) in [5.41, 5.74) is 6.07. The molecule has 3 amide bonds. The molecular formula is C33H48N4O7. The SMILES string of the molecule is C#C[C@@]1(O)CCC2C3CCC4=C/C(=N/OCC(=O)NC(C(=O)NC(CCC(N)=O)C(=O)O)C(C)C)CC[C@]4(C)C3CC[C@@]21C. The van der Waals surface area contributed by atoms with Gasteiger partial charge in [-0.3, -0.25) is 14.4 Å². The lowest BCUT2D eigenvalue weighted by Gasteiger charge is -2.58. The summed E-state index contributed by atoms with van der Waals surface area (Å²) in [5, 5.41) is 29.9. The summed E-state index contributed by atoms with van der Waals surface area (Å²) in [7, 11) is 0. The highest BCUT2D eigenvalue weighted by Crippen LogP contribution is 2.67. The third-order valence-corrected chi connectivity index (χ3v) is 11.3. The Balaban J connectivity index is 1.34. The summed E-state index contributed by atoms with van der Waals surface area (Å²) in [6.45, 7) is 7.61. The Morgan fingerprint density at radius 3 is 2.45 bits per heavy atom. The summed E-state index contributed by atoms with van der Waals surface area (Å²) in [6, 6.07) is -2.31. The first kappa shape index (κ1) is 33.5. The fraction of sp³-hybridized carbons (Fsp3) is 0.727. The molecule has 3 fully saturated rings. The van der Waals surface area contributed by atoms with Crippen LogP contribution in [0.5, 0.6) is 0 Å². The molecule has 4 aliphatic carbocycles. The van der Waals surface area contributed by atoms with Crippen molar-refractivity contribution in [1.29, 1.82) is 0 Å². The number of carbonyl (C=O) groups is 4. The van der Waals surface area contributed by atoms with Gasteiger partial charge in [0.25, 0.3) is 5.91 Å². The van der Waals surface area contributed by atoms with E-state index in [1.54, 1.807) is 13.8 Å². The van der Waals surface area contributed by atoms with Crippen molar-refractivity contribution in [3.05, 3.63) is 11.6 Å². The second-order valence-electron chi connectivity index (χ2n) is 14.1. The van der Waals surface area contributed by atoms with Crippen molar-refractivity contribution in [1.82, 2.24) is 10.6 Å². The van der Waals surface area contributed by atoms with Gasteiger partial charge in [-0.15, -0.1) is 6.42 Å². The number of aliphatic carboxylic acids is 1. The van der Waals surface area contributed by atoms with E-state index >= 15 is 0 Å². The van der Waals surface area contributed by atoms with E-state index < -0.39 is 48.0 Å². The van der Waals surface area contributed by atoms with Crippen LogP contribution in [0.3, 0.4) is 0 Å². The van der Waals surface area contributed by atoms with Crippen LogP contribution in [0, 0.1) is 46.8 Å². The molecule has 4 rings (SSSR count). The molecule has 11 nitrogen and oxygen atoms in total. The molecule has 242 valence electrons. The average molecular weight is 613 g/mol. The number of nitrogens with zero attached hydrogens (tertiary/aromatic N) is 1. The number of nitrogens with two attached hydrogens (primary N) is 1. The van der Waals surface area contributed by atoms with Gasteiger partial charge in [-0.1, -0.05) is 44.3 Å². The molecule has 11 heteroatoms. The predicted molar refractivity (Wildman–Crippen MR) is 164 cm³/mol. The molecule has 0 bridgehead atoms. The van der Waals surface area contributed by atoms with Gasteiger partial charge in [-0.05, 0) is 93.0 Å². The van der Waals surface area contributed by atoms with Gasteiger partial charge in [0.1, 0.15) is 17.7 Å². The molecule has 0 aromatic carbocycles. The average Bonchev–Trinajstić information content (AvgIpc) is 3.24. The van der Waals surface area contributed by atoms with Gasteiger partial charge >= 0.3 is 5.97 Å². The number of oxime groups is 1. The van der Waals surface area contributed by atoms with Crippen LogP contribution in [-0.2, 0) is 24.0 Å². The topological polar surface area (TPSA) is 180 Å². The van der Waals surface area contributed by atoms with E-state index in [0.29, 0.717) is 24.2 Å². The van der Waals surface area contributed by atoms with E-state index in [1.165, 1.54) is 5.57 Å². The summed E-state index contributed by atoms with van der Waals surface area (Å²) in [5.74, 6) is 0.706. The van der Waals surface area contributed by atoms with E-state index in [0.717, 1.165) is 50.7 Å². The lowest BCUT2D eigenvalue weighted by atomic mass is 9.46. The quantitative estimate of drug-likeness (QED) is 0.176. The summed E-state index contributed by atoms with van der Waals surface area (Å²) in [4.78, 5) is 53.4. The van der Waals surface area contributed by atoms with E-state index in [9.17, 15) is 29.4 Å². The van der Waals surface area contributed by atoms with Gasteiger partial charge in [-0.25, -0.2) is 4.79 Å². The standard InChI is InChI=1S/C33H48N4O7/c1-6-33(43)16-13-24-22-8-7-20-17-21(11-14-31(20,4)23(22)12-15-32(24,33)5)37-44-18-27(39)36-28(19(2)3)29(40)35-25(30(41)42)9-10-26(34)38/h1,17,19,22-25,28,43H,7-16,18H2,2-5H3,(H2,34,38)(H,35,40)(H,36,39)(H,41,42)/b37-21+/t22?,23?,24?,25?,28?,31-,32-,33+/m0/s1. The van der Waals surface area contributed by atoms with Crippen molar-refractivity contribution in [3.8, 4) is 12.3 Å². The van der Waals surface area contributed by atoms with Crippen LogP contribution >= 0.6 is 0 Å². The van der Waals surface area contributed by atoms with E-state index in [-0.39, 0.29) is 29.6 Å². The molecule has 4 aliphatic rings. The van der Waals surface area contributed by atoms with Gasteiger partial charge in [0.15, 0.2) is 6.61 Å². The van der Waals surface area contributed by atoms with Crippen molar-refractivity contribution in [2.45, 2.75) is 110 Å². The number of rotatable bonds is 11. The number of hydrogen-bond acceptors (Lipinski definition) is 7. The number of fused-ring (bicyclic) bond motifs is 5. The van der Waals surface area contributed by atoms with Crippen molar-refractivity contribution < 1.29 is 34.2 Å². The van der Waals surface area contributed by atoms with Crippen LogP contribution < -0.4 is 16.4 Å². The number of primary amides is 1. The van der Waals surface area contributed by atoms with Crippen molar-refractivity contribution in [2.24, 2.45) is 45.4 Å². The molecule has 3 saturated carbocycles. The van der Waals surface area contributed by atoms with Crippen LogP contribution in [-0.4, -0.2) is 63.9 Å². The molecule has 0 saturated heterocycles. The smallest absolute Gasteiger partial charge is 0.326 e. The summed E-state index contributed by atoms with van der Waals surface area (Å²) < 4.78 is 0. The fourth-order valence-corrected chi connectivity index (χ4v) is 8.63. The normalized spacial score (nSPS) is 34.8. The Morgan fingerprint density at radius 1 is 1.11 bits per heavy atom. The molecule has 0 spiro atoms. The van der Waals surface area contributed by atoms with Gasteiger partial charge in [0.2, 0.25) is 11.8 Å². The van der Waals surface area contributed by atoms with Crippen molar-refractivity contribution >= 4 is 29.4 Å². The highest BCUT2D eigenvalue weighted by atomic mass is 16.6. The number of terminal acetylenes is 1. The number of carbonyl (C=O) groups excluding carboxylic acids is 3. The largest absolute Gasteiger partial charge is 0.480 e. The minimum absolute atomic E-state index is 0.0561. The maximum absolute atomic E-state index is 12.8. The Hall–Kier alpha value is -3.39. The minimum Gasteiger partial charge on any atom is -0.480 e. The molecule has 0 radical (unpaired) electrons. The van der Waals surface area contributed by atoms with Crippen LogP contribution in [0.15, 0.2) is 16.8 Å². The molecule has 0 aromatic heterocycles. The Kier molecular flexibility index (Phi) is 9.84. The third-order valence-electron chi connectivity index (χ3n) is 11.3. The van der Waals surface area contributed by atoms with E-state index in [4.69, 9.17) is 17.0 Å². The Labute approximate surface area is 259 Å². The molecule has 0 aliphatic heterocycles. The summed E-state index contributed by atoms with van der Waals surface area (Å²) >= 11 is 0. The second-order valence-corrected chi connectivity index (χ2v) is 14.1. The highest BCUT2D eigenvalue weighted by Gasteiger charge is 2.63. The zero-order chi connectivity index (χ0) is 32.4. The molecular weight excluding hydrogens is 564 g/mol. The summed E-state index contributed by atoms with van der Waals surface area (Å²) in [6.07, 6.45) is 14.9. The van der Waals surface area contributed by atoms with E-state index in [2.05, 4.69) is 41.6 Å². The maximum atomic E-state index is 12.8. The van der Waals surface area contributed by atoms with Gasteiger partial charge in [-0.2, -0.15) is 0 Å². The highest BCUT2D eigenvalue weighted by molar-refractivity contribution is 5.96. The first-order valence-electron chi connectivity index (χ1n) is 15.9. The lowest BCUT2D eigenvalue weighted by molar-refractivity contribution is -0.143. The molecule has 5 unspecified atom stereocenters. The van der Waals surface area contributed by atoms with Crippen LogP contribution in [0.4, 0.5) is 0 Å². The van der Waals surface area contributed by atoms with Gasteiger partial charge in [0, 0.05) is 11.8 Å². The zero-order valence-electron chi connectivity index (χ0n) is 26.4. The molecule has 6 N–H and O–H groups in total. The number of amides is 3. The first-order valence-corrected chi connectivity index (χ1v) is 15.9. The van der Waals surface area contributed by atoms with Gasteiger partial charge in [0.05, 0.1) is 5.71 Å². The van der Waals surface area contributed by atoms with Crippen molar-refractivity contribution in [2.75, 3.05) is 6.61 Å². The Morgan fingerprint density at radius 2 is 1.82 bits per heavy atom. The number of aliphatic hydroxyl groups is 1. The first-order chi connectivity index (χ1) is 20.6. The maximum Gasteiger partial charge on any atom is 0.326 e. The van der Waals surface area contributed by atoms with Crippen LogP contribution in [0.2, 0.25) is 0 Å². The number of hydrogen-bond donors (Lipinski definition) is 5. The van der Waals surface area contributed by atoms with Crippen LogP contribution in [0.1, 0.15) is 91.9 Å². The second kappa shape index (κ2) is 12.9. The number of carboxylic acid groups (broad SMARTS) is 1. The molecule has 0 heterocycles. The monoisotopic (exact) mass is 612 g/mol. The molecule has 44 heavy (non-hydrogen) atoms.